The maximum atomic E-state index is 10.7. The Bertz CT molecular complexity index is 323. The van der Waals surface area contributed by atoms with Crippen LogP contribution in [0, 0.1) is 0 Å². The second-order valence-electron chi connectivity index (χ2n) is 4.07. The summed E-state index contributed by atoms with van der Waals surface area (Å²) in [6.45, 7) is 6.00. The van der Waals surface area contributed by atoms with Crippen molar-refractivity contribution in [3.63, 3.8) is 0 Å². The zero-order chi connectivity index (χ0) is 16.3. The first-order valence-electron chi connectivity index (χ1n) is 6.13. The first-order chi connectivity index (χ1) is 9.15. The van der Waals surface area contributed by atoms with Gasteiger partial charge in [0.05, 0.1) is 0 Å². The van der Waals surface area contributed by atoms with Gasteiger partial charge >= 0.3 is 0 Å². The number of carbonyl (C=O) groups excluding carboxylic acids is 4. The van der Waals surface area contributed by atoms with Crippen molar-refractivity contribution in [2.45, 2.75) is 39.8 Å². The highest BCUT2D eigenvalue weighted by Crippen LogP contribution is 1.79. The van der Waals surface area contributed by atoms with Gasteiger partial charge in [-0.25, -0.2) is 0 Å². The van der Waals surface area contributed by atoms with E-state index >= 15 is 0 Å². The number of hydrogen-bond donors (Lipinski definition) is 4. The van der Waals surface area contributed by atoms with Gasteiger partial charge in [0.2, 0.25) is 23.6 Å². The SMILES string of the molecule is CNC(=O)C(C)NC(C)=O.CNC(=O)C(C)NC(C)=O. The summed E-state index contributed by atoms with van der Waals surface area (Å²) in [6, 6.07) is -0.884. The van der Waals surface area contributed by atoms with E-state index in [1.807, 2.05) is 0 Å². The monoisotopic (exact) mass is 288 g/mol. The van der Waals surface area contributed by atoms with E-state index < -0.39 is 12.1 Å². The average Bonchev–Trinajstić information content (AvgIpc) is 2.35. The Morgan fingerprint density at radius 3 is 1.10 bits per heavy atom. The Morgan fingerprint density at radius 1 is 0.700 bits per heavy atom. The topological polar surface area (TPSA) is 116 Å². The van der Waals surface area contributed by atoms with E-state index in [1.165, 1.54) is 27.9 Å². The van der Waals surface area contributed by atoms with Gasteiger partial charge in [-0.15, -0.1) is 0 Å². The molecule has 0 aliphatic carbocycles. The van der Waals surface area contributed by atoms with Crippen LogP contribution in [0.3, 0.4) is 0 Å². The number of hydrogen-bond acceptors (Lipinski definition) is 4. The third-order valence-electron chi connectivity index (χ3n) is 2.12. The number of carbonyl (C=O) groups is 4. The van der Waals surface area contributed by atoms with E-state index in [0.717, 1.165) is 0 Å². The molecule has 0 heterocycles. The molecule has 0 aromatic carbocycles. The molecule has 0 saturated carbocycles. The minimum atomic E-state index is -0.442. The third-order valence-corrected chi connectivity index (χ3v) is 2.12. The van der Waals surface area contributed by atoms with E-state index in [2.05, 4.69) is 21.3 Å². The van der Waals surface area contributed by atoms with Gasteiger partial charge in [0.25, 0.3) is 0 Å². The minimum absolute atomic E-state index is 0.185. The zero-order valence-electron chi connectivity index (χ0n) is 12.8. The normalized spacial score (nSPS) is 11.9. The summed E-state index contributed by atoms with van der Waals surface area (Å²) >= 11 is 0. The fourth-order valence-corrected chi connectivity index (χ4v) is 1.17. The summed E-state index contributed by atoms with van der Waals surface area (Å²) in [5, 5.41) is 9.72. The highest BCUT2D eigenvalue weighted by molar-refractivity contribution is 5.86. The van der Waals surface area contributed by atoms with Crippen molar-refractivity contribution in [2.75, 3.05) is 14.1 Å². The molecule has 20 heavy (non-hydrogen) atoms. The lowest BCUT2D eigenvalue weighted by Gasteiger charge is -2.09. The van der Waals surface area contributed by atoms with Crippen molar-refractivity contribution < 1.29 is 19.2 Å². The molecule has 4 amide bonds. The lowest BCUT2D eigenvalue weighted by Crippen LogP contribution is -2.42. The van der Waals surface area contributed by atoms with Gasteiger partial charge in [-0.05, 0) is 13.8 Å². The predicted octanol–water partition coefficient (Wildman–Crippen LogP) is -1.49. The molecule has 0 saturated heterocycles. The molecule has 0 aromatic rings. The van der Waals surface area contributed by atoms with Crippen molar-refractivity contribution in [1.82, 2.24) is 21.3 Å². The first kappa shape index (κ1) is 20.2. The van der Waals surface area contributed by atoms with Crippen LogP contribution in [0.5, 0.6) is 0 Å². The fraction of sp³-hybridized carbons (Fsp3) is 0.667. The highest BCUT2D eigenvalue weighted by atomic mass is 16.2. The van der Waals surface area contributed by atoms with E-state index in [1.54, 1.807) is 13.8 Å². The second-order valence-corrected chi connectivity index (χ2v) is 4.07. The lowest BCUT2D eigenvalue weighted by atomic mass is 10.3. The van der Waals surface area contributed by atoms with Crippen molar-refractivity contribution in [3.8, 4) is 0 Å². The molecule has 4 N–H and O–H groups in total. The van der Waals surface area contributed by atoms with Crippen LogP contribution >= 0.6 is 0 Å². The zero-order valence-corrected chi connectivity index (χ0v) is 12.8. The third kappa shape index (κ3) is 11.0. The highest BCUT2D eigenvalue weighted by Gasteiger charge is 2.10. The van der Waals surface area contributed by atoms with Crippen LogP contribution in [0.2, 0.25) is 0 Å². The summed E-state index contributed by atoms with van der Waals surface area (Å²) in [4.78, 5) is 42.2. The molecule has 0 rings (SSSR count). The van der Waals surface area contributed by atoms with Gasteiger partial charge in [-0.1, -0.05) is 0 Å². The molecule has 0 aromatic heterocycles. The molecule has 2 unspecified atom stereocenters. The molecule has 0 fully saturated rings. The summed E-state index contributed by atoms with van der Waals surface area (Å²) in [6.07, 6.45) is 0. The summed E-state index contributed by atoms with van der Waals surface area (Å²) in [5.74, 6) is -0.766. The molecule has 116 valence electrons. The maximum absolute atomic E-state index is 10.7. The van der Waals surface area contributed by atoms with Crippen LogP contribution in [0.15, 0.2) is 0 Å². The second kappa shape index (κ2) is 10.8. The van der Waals surface area contributed by atoms with Gasteiger partial charge < -0.3 is 21.3 Å². The van der Waals surface area contributed by atoms with E-state index in [-0.39, 0.29) is 23.6 Å². The smallest absolute Gasteiger partial charge is 0.242 e. The number of nitrogens with one attached hydrogen (secondary N) is 4. The molecule has 0 bridgehead atoms. The first-order valence-corrected chi connectivity index (χ1v) is 6.13. The molecule has 8 heteroatoms. The quantitative estimate of drug-likeness (QED) is 0.504. The van der Waals surface area contributed by atoms with Crippen molar-refractivity contribution in [3.05, 3.63) is 0 Å². The van der Waals surface area contributed by atoms with Gasteiger partial charge in [0.1, 0.15) is 12.1 Å². The van der Waals surface area contributed by atoms with Gasteiger partial charge in [-0.2, -0.15) is 0 Å². The molecule has 2 atom stereocenters. The van der Waals surface area contributed by atoms with Crippen molar-refractivity contribution in [1.29, 1.82) is 0 Å². The summed E-state index contributed by atoms with van der Waals surface area (Å²) < 4.78 is 0. The molecular formula is C12H24N4O4. The predicted molar refractivity (Wildman–Crippen MR) is 74.7 cm³/mol. The van der Waals surface area contributed by atoms with Crippen molar-refractivity contribution in [2.24, 2.45) is 0 Å². The van der Waals surface area contributed by atoms with Crippen LogP contribution in [-0.4, -0.2) is 49.8 Å². The Labute approximate surface area is 119 Å². The Morgan fingerprint density at radius 2 is 0.950 bits per heavy atom. The molecule has 0 aliphatic heterocycles. The standard InChI is InChI=1S/2C6H12N2O2/c2*1-4(6(10)7-3)8-5(2)9/h2*4H,1-3H3,(H,7,10)(H,8,9). The van der Waals surface area contributed by atoms with Crippen LogP contribution in [0.4, 0.5) is 0 Å². The molecular weight excluding hydrogens is 264 g/mol. The molecule has 0 radical (unpaired) electrons. The molecule has 0 aliphatic rings. The van der Waals surface area contributed by atoms with E-state index in [0.29, 0.717) is 0 Å². The maximum Gasteiger partial charge on any atom is 0.242 e. The van der Waals surface area contributed by atoms with Crippen LogP contribution in [0.25, 0.3) is 0 Å². The van der Waals surface area contributed by atoms with Crippen LogP contribution in [-0.2, 0) is 19.2 Å². The van der Waals surface area contributed by atoms with Gasteiger partial charge in [-0.3, -0.25) is 19.2 Å². The minimum Gasteiger partial charge on any atom is -0.357 e. The number of likely N-dealkylation sites (N-methyl/N-ethyl adjacent to an activating group) is 2. The summed E-state index contributed by atoms with van der Waals surface area (Å²) in [7, 11) is 3.06. The van der Waals surface area contributed by atoms with Crippen LogP contribution in [0.1, 0.15) is 27.7 Å². The van der Waals surface area contributed by atoms with Gasteiger partial charge in [0.15, 0.2) is 0 Å². The molecule has 8 nitrogen and oxygen atoms in total. The Balaban J connectivity index is 0. The van der Waals surface area contributed by atoms with Crippen LogP contribution < -0.4 is 21.3 Å². The number of rotatable bonds is 4. The van der Waals surface area contributed by atoms with Gasteiger partial charge in [0, 0.05) is 27.9 Å². The Kier molecular flexibility index (Phi) is 10.9. The lowest BCUT2D eigenvalue weighted by molar-refractivity contribution is -0.127. The Hall–Kier alpha value is -2.12. The number of amides is 4. The van der Waals surface area contributed by atoms with E-state index in [4.69, 9.17) is 0 Å². The van der Waals surface area contributed by atoms with Crippen molar-refractivity contribution >= 4 is 23.6 Å². The molecule has 0 spiro atoms. The summed E-state index contributed by atoms with van der Waals surface area (Å²) in [5.41, 5.74) is 0. The van der Waals surface area contributed by atoms with E-state index in [9.17, 15) is 19.2 Å². The average molecular weight is 288 g/mol. The fourth-order valence-electron chi connectivity index (χ4n) is 1.17. The largest absolute Gasteiger partial charge is 0.357 e.